The molecule has 4 rings (SSSR count). The zero-order valence-corrected chi connectivity index (χ0v) is 13.9. The molecule has 124 valence electrons. The number of aromatic nitrogens is 5. The molecule has 0 aliphatic carbocycles. The van der Waals surface area contributed by atoms with E-state index in [-0.39, 0.29) is 11.3 Å². The molecule has 1 N–H and O–H groups in total. The van der Waals surface area contributed by atoms with Crippen molar-refractivity contribution >= 4 is 51.9 Å². The van der Waals surface area contributed by atoms with E-state index in [4.69, 9.17) is 27.9 Å². The first kappa shape index (κ1) is 15.2. The SMILES string of the molecule is CNC(=O)OC1CN(c2nc3nc(Cl)c(Cl)cc3n3cnnc23)C1. The number of halogens is 2. The molecule has 9 nitrogen and oxygen atoms in total. The van der Waals surface area contributed by atoms with Gasteiger partial charge in [0.15, 0.2) is 11.5 Å². The summed E-state index contributed by atoms with van der Waals surface area (Å²) in [6.07, 6.45) is 0.904. The third-order valence-corrected chi connectivity index (χ3v) is 4.41. The van der Waals surface area contributed by atoms with Crippen molar-refractivity contribution in [3.63, 3.8) is 0 Å². The minimum absolute atomic E-state index is 0.180. The fraction of sp³-hybridized carbons (Fsp3) is 0.308. The van der Waals surface area contributed by atoms with Crippen LogP contribution in [0.25, 0.3) is 16.8 Å². The van der Waals surface area contributed by atoms with Crippen LogP contribution in [-0.2, 0) is 4.74 Å². The Morgan fingerprint density at radius 2 is 2.17 bits per heavy atom. The van der Waals surface area contributed by atoms with Crippen molar-refractivity contribution in [2.24, 2.45) is 0 Å². The number of nitrogens with zero attached hydrogens (tertiary/aromatic N) is 6. The number of nitrogens with one attached hydrogen (secondary N) is 1. The van der Waals surface area contributed by atoms with Crippen molar-refractivity contribution in [2.45, 2.75) is 6.10 Å². The number of carbonyl (C=O) groups is 1. The summed E-state index contributed by atoms with van der Waals surface area (Å²) in [5, 5.41) is 11.0. The van der Waals surface area contributed by atoms with Crippen LogP contribution < -0.4 is 10.2 Å². The summed E-state index contributed by atoms with van der Waals surface area (Å²) in [7, 11) is 1.52. The molecular weight excluding hydrogens is 357 g/mol. The van der Waals surface area contributed by atoms with Gasteiger partial charge in [-0.05, 0) is 6.07 Å². The van der Waals surface area contributed by atoms with E-state index in [0.29, 0.717) is 40.7 Å². The van der Waals surface area contributed by atoms with Gasteiger partial charge >= 0.3 is 6.09 Å². The molecule has 4 heterocycles. The van der Waals surface area contributed by atoms with Crippen molar-refractivity contribution in [2.75, 3.05) is 25.0 Å². The summed E-state index contributed by atoms with van der Waals surface area (Å²) < 4.78 is 6.94. The van der Waals surface area contributed by atoms with E-state index in [1.165, 1.54) is 7.05 Å². The van der Waals surface area contributed by atoms with Gasteiger partial charge in [0.2, 0.25) is 5.65 Å². The number of fused-ring (bicyclic) bond motifs is 3. The first-order valence-corrected chi connectivity index (χ1v) is 7.81. The second-order valence-corrected chi connectivity index (χ2v) is 6.01. The highest BCUT2D eigenvalue weighted by Gasteiger charge is 2.33. The fourth-order valence-electron chi connectivity index (χ4n) is 2.53. The maximum Gasteiger partial charge on any atom is 0.407 e. The molecule has 11 heteroatoms. The Bertz CT molecular complexity index is 954. The first-order valence-electron chi connectivity index (χ1n) is 7.05. The zero-order valence-electron chi connectivity index (χ0n) is 12.4. The van der Waals surface area contributed by atoms with Crippen LogP contribution in [0, 0.1) is 0 Å². The predicted molar refractivity (Wildman–Crippen MR) is 87.6 cm³/mol. The van der Waals surface area contributed by atoms with Crippen molar-refractivity contribution < 1.29 is 9.53 Å². The van der Waals surface area contributed by atoms with Gasteiger partial charge in [-0.3, -0.25) is 4.40 Å². The van der Waals surface area contributed by atoms with Crippen LogP contribution in [0.15, 0.2) is 12.4 Å². The van der Waals surface area contributed by atoms with Crippen LogP contribution >= 0.6 is 23.2 Å². The Balaban J connectivity index is 1.72. The highest BCUT2D eigenvalue weighted by molar-refractivity contribution is 6.41. The second-order valence-electron chi connectivity index (χ2n) is 5.25. The van der Waals surface area contributed by atoms with E-state index < -0.39 is 6.09 Å². The van der Waals surface area contributed by atoms with Gasteiger partial charge in [-0.2, -0.15) is 0 Å². The normalized spacial score (nSPS) is 14.9. The number of pyridine rings is 1. The molecular formula is C13H11Cl2N7O2. The van der Waals surface area contributed by atoms with Gasteiger partial charge in [0, 0.05) is 7.05 Å². The van der Waals surface area contributed by atoms with Crippen molar-refractivity contribution in [3.8, 4) is 0 Å². The largest absolute Gasteiger partial charge is 0.442 e. The Kier molecular flexibility index (Phi) is 3.54. The molecule has 3 aromatic heterocycles. The minimum atomic E-state index is -0.457. The topological polar surface area (TPSA) is 97.5 Å². The average molecular weight is 368 g/mol. The van der Waals surface area contributed by atoms with Gasteiger partial charge in [-0.25, -0.2) is 14.8 Å². The third kappa shape index (κ3) is 2.36. The second kappa shape index (κ2) is 5.60. The van der Waals surface area contributed by atoms with E-state index in [1.54, 1.807) is 16.8 Å². The van der Waals surface area contributed by atoms with Gasteiger partial charge in [-0.15, -0.1) is 10.2 Å². The molecule has 1 aliphatic rings. The average Bonchev–Trinajstić information content (AvgIpc) is 3.01. The first-order chi connectivity index (χ1) is 11.6. The number of hydrogen-bond donors (Lipinski definition) is 1. The Morgan fingerprint density at radius 1 is 1.38 bits per heavy atom. The van der Waals surface area contributed by atoms with E-state index >= 15 is 0 Å². The lowest BCUT2D eigenvalue weighted by molar-refractivity contribution is 0.0824. The van der Waals surface area contributed by atoms with Crippen molar-refractivity contribution in [1.82, 2.24) is 29.9 Å². The number of amides is 1. The predicted octanol–water partition coefficient (Wildman–Crippen LogP) is 1.52. The molecule has 0 spiro atoms. The maximum atomic E-state index is 11.2. The molecule has 1 amide bonds. The Hall–Kier alpha value is -2.39. The molecule has 0 atom stereocenters. The van der Waals surface area contributed by atoms with E-state index in [1.807, 2.05) is 4.90 Å². The molecule has 0 bridgehead atoms. The Labute approximate surface area is 145 Å². The van der Waals surface area contributed by atoms with E-state index in [0.717, 1.165) is 0 Å². The van der Waals surface area contributed by atoms with Crippen LogP contribution in [0.3, 0.4) is 0 Å². The van der Waals surface area contributed by atoms with Crippen LogP contribution in [0.1, 0.15) is 0 Å². The lowest BCUT2D eigenvalue weighted by Gasteiger charge is -2.38. The van der Waals surface area contributed by atoms with Crippen LogP contribution in [0.2, 0.25) is 10.2 Å². The zero-order chi connectivity index (χ0) is 16.8. The number of alkyl carbamates (subject to hydrolysis) is 1. The summed E-state index contributed by atoms with van der Waals surface area (Å²) >= 11 is 12.0. The van der Waals surface area contributed by atoms with Crippen LogP contribution in [0.5, 0.6) is 0 Å². The van der Waals surface area contributed by atoms with Crippen LogP contribution in [-0.4, -0.2) is 56.9 Å². The molecule has 3 aromatic rings. The summed E-state index contributed by atoms with van der Waals surface area (Å²) in [5.74, 6) is 0.600. The van der Waals surface area contributed by atoms with Gasteiger partial charge in [0.25, 0.3) is 0 Å². The monoisotopic (exact) mass is 367 g/mol. The number of anilines is 1. The summed E-state index contributed by atoms with van der Waals surface area (Å²) in [5.41, 5.74) is 1.66. The molecule has 1 fully saturated rings. The molecule has 0 unspecified atom stereocenters. The van der Waals surface area contributed by atoms with Gasteiger partial charge in [0.05, 0.1) is 23.6 Å². The molecule has 1 aliphatic heterocycles. The number of carbonyl (C=O) groups excluding carboxylic acids is 1. The van der Waals surface area contributed by atoms with Gasteiger partial charge in [-0.1, -0.05) is 23.2 Å². The lowest BCUT2D eigenvalue weighted by atomic mass is 10.1. The lowest BCUT2D eigenvalue weighted by Crippen LogP contribution is -2.54. The number of rotatable bonds is 2. The molecule has 24 heavy (non-hydrogen) atoms. The van der Waals surface area contributed by atoms with E-state index in [9.17, 15) is 4.79 Å². The van der Waals surface area contributed by atoms with Crippen LogP contribution in [0.4, 0.5) is 10.6 Å². The third-order valence-electron chi connectivity index (χ3n) is 3.74. The highest BCUT2D eigenvalue weighted by Crippen LogP contribution is 2.29. The van der Waals surface area contributed by atoms with Gasteiger partial charge in [0.1, 0.15) is 17.6 Å². The quantitative estimate of drug-likeness (QED) is 0.685. The number of ether oxygens (including phenoxy) is 1. The van der Waals surface area contributed by atoms with Crippen molar-refractivity contribution in [1.29, 1.82) is 0 Å². The van der Waals surface area contributed by atoms with Gasteiger partial charge < -0.3 is 15.0 Å². The highest BCUT2D eigenvalue weighted by atomic mass is 35.5. The molecule has 1 saturated heterocycles. The fourth-order valence-corrected chi connectivity index (χ4v) is 2.81. The smallest absolute Gasteiger partial charge is 0.407 e. The standard InChI is InChI=1S/C13H11Cl2N7O2/c1-16-13(23)24-6-3-21(4-6)11-12-20-17-5-22(12)8-2-7(14)9(15)18-10(8)19-11/h2,5-6H,3-4H2,1H3,(H,16,23). The number of hydrogen-bond acceptors (Lipinski definition) is 7. The Morgan fingerprint density at radius 3 is 2.92 bits per heavy atom. The van der Waals surface area contributed by atoms with E-state index in [2.05, 4.69) is 25.5 Å². The maximum absolute atomic E-state index is 11.2. The molecule has 0 radical (unpaired) electrons. The summed E-state index contributed by atoms with van der Waals surface area (Å²) in [6.45, 7) is 1.02. The molecule has 0 saturated carbocycles. The summed E-state index contributed by atoms with van der Waals surface area (Å²) in [6, 6.07) is 1.67. The molecule has 0 aromatic carbocycles. The summed E-state index contributed by atoms with van der Waals surface area (Å²) in [4.78, 5) is 21.9. The minimum Gasteiger partial charge on any atom is -0.442 e. The van der Waals surface area contributed by atoms with Crippen molar-refractivity contribution in [3.05, 3.63) is 22.6 Å².